The van der Waals surface area contributed by atoms with E-state index in [1.165, 1.54) is 27.5 Å². The topological polar surface area (TPSA) is 17.4 Å². The molecule has 426 valence electrons. The molecule has 0 unspecified atom stereocenters. The van der Waals surface area contributed by atoms with Crippen molar-refractivity contribution in [1.29, 1.82) is 0 Å². The van der Waals surface area contributed by atoms with Crippen LogP contribution in [-0.2, 0) is 27.1 Å². The van der Waals surface area contributed by atoms with E-state index < -0.39 is 18.2 Å². The molecule has 0 radical (unpaired) electrons. The molecule has 0 N–H and O–H groups in total. The minimum Gasteiger partial charge on any atom is -0.457 e. The van der Waals surface area contributed by atoms with Crippen LogP contribution in [0.4, 0.5) is 17.1 Å². The lowest BCUT2D eigenvalue weighted by atomic mass is 9.29. The maximum Gasteiger partial charge on any atom is 0.247 e. The van der Waals surface area contributed by atoms with Gasteiger partial charge in [0.05, 0.1) is 29.0 Å². The fourth-order valence-electron chi connectivity index (χ4n) is 14.5. The van der Waals surface area contributed by atoms with Crippen molar-refractivity contribution in [2.24, 2.45) is 0 Å². The smallest absolute Gasteiger partial charge is 0.247 e. The summed E-state index contributed by atoms with van der Waals surface area (Å²) in [6.45, 7) is 27.2. The zero-order valence-corrected chi connectivity index (χ0v) is 52.0. The molecule has 15 rings (SSSR count). The molecule has 87 heavy (non-hydrogen) atoms. The van der Waals surface area contributed by atoms with Crippen molar-refractivity contribution in [3.05, 3.63) is 281 Å². The number of rotatable bonds is 5. The first kappa shape index (κ1) is 49.0. The molecule has 12 aromatic rings. The maximum atomic E-state index is 9.50. The standard InChI is InChI=1S/C83H75BN2O/c1-79(2,3)56-37-42-71-63(45-56)64-46-57(80(4,5)6)38-43-72(64)85(71)60-39-41-69-73(51-60)86(78-61(53-28-18-14-19-29-53)47-58(81(7,8)9)48-62(78)54-30-20-15-21-31-54)74-50-59(82(10,11)12)49-68-77(74)84(69)70-44-55(52-26-16-13-17-27-52)36-40-65(70)83(68)66-32-22-24-34-75(66)87-76-35-25-23-33-67(76)83/h13-51H,1-12H3/i13D,16D,17D,26D,27D. The quantitative estimate of drug-likeness (QED) is 0.160. The van der Waals surface area contributed by atoms with Gasteiger partial charge in [-0.1, -0.05) is 258 Å². The third-order valence-electron chi connectivity index (χ3n) is 19.0. The highest BCUT2D eigenvalue weighted by molar-refractivity contribution is 6.99. The van der Waals surface area contributed by atoms with Gasteiger partial charge < -0.3 is 14.2 Å². The van der Waals surface area contributed by atoms with E-state index in [9.17, 15) is 2.74 Å². The Hall–Kier alpha value is -9.12. The number of para-hydroxylation sites is 2. The number of fused-ring (bicyclic) bond motifs is 13. The van der Waals surface area contributed by atoms with Gasteiger partial charge in [0.2, 0.25) is 6.71 Å². The van der Waals surface area contributed by atoms with Crippen molar-refractivity contribution >= 4 is 62.0 Å². The molecular formula is C83H75BN2O. The number of hydrogen-bond donors (Lipinski definition) is 0. The summed E-state index contributed by atoms with van der Waals surface area (Å²) in [6.07, 6.45) is 0. The zero-order valence-electron chi connectivity index (χ0n) is 57.0. The van der Waals surface area contributed by atoms with E-state index in [0.717, 1.165) is 112 Å². The third kappa shape index (κ3) is 8.53. The molecule has 0 fully saturated rings. The van der Waals surface area contributed by atoms with E-state index in [4.69, 9.17) is 8.85 Å². The third-order valence-corrected chi connectivity index (χ3v) is 19.0. The molecule has 3 aliphatic heterocycles. The summed E-state index contributed by atoms with van der Waals surface area (Å²) in [7, 11) is 0. The molecular weight excluding hydrogens is 1050 g/mol. The lowest BCUT2D eigenvalue weighted by Gasteiger charge is -2.51. The summed E-state index contributed by atoms with van der Waals surface area (Å²) in [5, 5.41) is 2.41. The predicted octanol–water partition coefficient (Wildman–Crippen LogP) is 20.1. The van der Waals surface area contributed by atoms with Crippen molar-refractivity contribution in [1.82, 2.24) is 4.57 Å². The molecule has 4 heterocycles. The predicted molar refractivity (Wildman–Crippen MR) is 370 cm³/mol. The first-order valence-corrected chi connectivity index (χ1v) is 30.9. The molecule has 0 amide bonds. The van der Waals surface area contributed by atoms with Crippen molar-refractivity contribution < 1.29 is 11.6 Å². The fourth-order valence-corrected chi connectivity index (χ4v) is 14.5. The lowest BCUT2D eigenvalue weighted by molar-refractivity contribution is 0.435. The molecule has 3 nitrogen and oxygen atoms in total. The normalized spacial score (nSPS) is 14.9. The van der Waals surface area contributed by atoms with Gasteiger partial charge in [0, 0.05) is 50.1 Å². The van der Waals surface area contributed by atoms with E-state index in [0.29, 0.717) is 5.56 Å². The molecule has 0 aliphatic carbocycles. The van der Waals surface area contributed by atoms with Gasteiger partial charge in [-0.05, 0) is 155 Å². The van der Waals surface area contributed by atoms with E-state index in [1.54, 1.807) is 0 Å². The second-order valence-electron chi connectivity index (χ2n) is 28.6. The van der Waals surface area contributed by atoms with Crippen molar-refractivity contribution in [2.45, 2.75) is 110 Å². The SMILES string of the molecule is [2H]c1c([2H])c([2H])c(-c2ccc3c(c2)B2c4ccc(-n5c6ccc(C(C)(C)C)cc6c6cc(C(C)(C)C)ccc65)cc4N(c4c(-c5ccccc5)cc(C(C)(C)C)cc4-c4ccccc4)c4cc(C(C)(C)C)cc(c42)C32c3ccccc3Oc3ccccc32)c([2H])c1[2H]. The van der Waals surface area contributed by atoms with Gasteiger partial charge in [0.1, 0.15) is 11.5 Å². The van der Waals surface area contributed by atoms with E-state index >= 15 is 0 Å². The van der Waals surface area contributed by atoms with Crippen LogP contribution in [-0.4, -0.2) is 11.3 Å². The average molecular weight is 1130 g/mol. The van der Waals surface area contributed by atoms with E-state index in [-0.39, 0.29) is 51.4 Å². The van der Waals surface area contributed by atoms with E-state index in [2.05, 4.69) is 281 Å². The van der Waals surface area contributed by atoms with Gasteiger partial charge in [-0.15, -0.1) is 0 Å². The van der Waals surface area contributed by atoms with Gasteiger partial charge >= 0.3 is 0 Å². The van der Waals surface area contributed by atoms with Crippen LogP contribution in [0.15, 0.2) is 236 Å². The Morgan fingerprint density at radius 1 is 0.391 bits per heavy atom. The molecule has 0 saturated heterocycles. The Bertz CT molecular complexity index is 4870. The van der Waals surface area contributed by atoms with Crippen LogP contribution in [0, 0.1) is 0 Å². The van der Waals surface area contributed by atoms with Crippen molar-refractivity contribution in [2.75, 3.05) is 4.90 Å². The summed E-state index contributed by atoms with van der Waals surface area (Å²) in [6, 6.07) is 74.5. The van der Waals surface area contributed by atoms with Crippen molar-refractivity contribution in [3.8, 4) is 50.6 Å². The van der Waals surface area contributed by atoms with E-state index in [1.807, 2.05) is 18.2 Å². The summed E-state index contributed by atoms with van der Waals surface area (Å²) in [4.78, 5) is 2.62. The first-order chi connectivity index (χ1) is 43.7. The van der Waals surface area contributed by atoms with Crippen LogP contribution in [0.2, 0.25) is 0 Å². The Labute approximate surface area is 522 Å². The van der Waals surface area contributed by atoms with Gasteiger partial charge in [-0.2, -0.15) is 0 Å². The molecule has 3 aliphatic rings. The second kappa shape index (κ2) is 19.4. The molecule has 4 heteroatoms. The molecule has 1 aromatic heterocycles. The summed E-state index contributed by atoms with van der Waals surface area (Å²) < 4.78 is 55.2. The Balaban J connectivity index is 1.16. The summed E-state index contributed by atoms with van der Waals surface area (Å²) in [5.74, 6) is 1.51. The highest BCUT2D eigenvalue weighted by Crippen LogP contribution is 2.59. The second-order valence-corrected chi connectivity index (χ2v) is 28.6. The molecule has 0 atom stereocenters. The van der Waals surface area contributed by atoms with Crippen LogP contribution in [0.5, 0.6) is 11.5 Å². The van der Waals surface area contributed by atoms with Crippen molar-refractivity contribution in [3.63, 3.8) is 0 Å². The monoisotopic (exact) mass is 1130 g/mol. The van der Waals surface area contributed by atoms with Crippen LogP contribution < -0.4 is 26.0 Å². The summed E-state index contributed by atoms with van der Waals surface area (Å²) in [5.41, 5.74) is 21.9. The molecule has 1 spiro atoms. The first-order valence-electron chi connectivity index (χ1n) is 33.4. The molecule has 0 saturated carbocycles. The highest BCUT2D eigenvalue weighted by Gasteiger charge is 2.55. The minimum absolute atomic E-state index is 0.0870. The lowest BCUT2D eigenvalue weighted by Crippen LogP contribution is -2.65. The number of anilines is 3. The van der Waals surface area contributed by atoms with Crippen LogP contribution in [0.3, 0.4) is 0 Å². The Morgan fingerprint density at radius 2 is 0.908 bits per heavy atom. The van der Waals surface area contributed by atoms with Crippen LogP contribution in [0.25, 0.3) is 60.9 Å². The largest absolute Gasteiger partial charge is 0.457 e. The van der Waals surface area contributed by atoms with Gasteiger partial charge in [0.15, 0.2) is 0 Å². The Morgan fingerprint density at radius 3 is 1.45 bits per heavy atom. The summed E-state index contributed by atoms with van der Waals surface area (Å²) >= 11 is 0. The molecule has 0 bridgehead atoms. The zero-order chi connectivity index (χ0) is 64.5. The highest BCUT2D eigenvalue weighted by atomic mass is 16.5. The fraction of sp³-hybridized carbons (Fsp3) is 0.205. The van der Waals surface area contributed by atoms with Crippen LogP contribution >= 0.6 is 0 Å². The van der Waals surface area contributed by atoms with Gasteiger partial charge in [-0.25, -0.2) is 0 Å². The Kier molecular flexibility index (Phi) is 11.0. The number of hydrogen-bond acceptors (Lipinski definition) is 2. The van der Waals surface area contributed by atoms with Crippen LogP contribution in [0.1, 0.15) is 134 Å². The number of benzene rings is 11. The van der Waals surface area contributed by atoms with Gasteiger partial charge in [-0.3, -0.25) is 0 Å². The van der Waals surface area contributed by atoms with Gasteiger partial charge in [0.25, 0.3) is 0 Å². The number of aromatic nitrogens is 1. The number of nitrogens with zero attached hydrogens (tertiary/aromatic N) is 2. The number of ether oxygens (including phenoxy) is 1. The minimum atomic E-state index is -0.995. The maximum absolute atomic E-state index is 9.50. The average Bonchev–Trinajstić information content (AvgIpc) is 0.725. The molecule has 11 aromatic carbocycles.